The Morgan fingerprint density at radius 3 is 2.39 bits per heavy atom. The van der Waals surface area contributed by atoms with E-state index in [1.54, 1.807) is 81.9 Å². The van der Waals surface area contributed by atoms with E-state index < -0.39 is 18.1 Å². The van der Waals surface area contributed by atoms with Crippen LogP contribution in [0.3, 0.4) is 0 Å². The fraction of sp³-hybridized carbons (Fsp3) is 0.316. The molecule has 1 aliphatic heterocycles. The van der Waals surface area contributed by atoms with Gasteiger partial charge < -0.3 is 48.4 Å². The van der Waals surface area contributed by atoms with E-state index in [1.807, 2.05) is 0 Å². The molecule has 1 fully saturated rings. The molecule has 0 aliphatic carbocycles. The van der Waals surface area contributed by atoms with Crippen LogP contribution in [-0.4, -0.2) is 106 Å². The van der Waals surface area contributed by atoms with Crippen molar-refractivity contribution in [1.29, 1.82) is 0 Å². The number of halogens is 1. The van der Waals surface area contributed by atoms with Gasteiger partial charge in [0.15, 0.2) is 34.3 Å². The number of ether oxygens (including phenoxy) is 5. The van der Waals surface area contributed by atoms with Gasteiger partial charge in [-0.2, -0.15) is 9.97 Å². The Balaban J connectivity index is 0.00000320. The predicted molar refractivity (Wildman–Crippen MR) is 210 cm³/mol. The number of carbonyl (C=O) groups is 2. The maximum Gasteiger partial charge on any atom is 0.256 e. The minimum atomic E-state index is -1.44. The van der Waals surface area contributed by atoms with E-state index >= 15 is 4.39 Å². The van der Waals surface area contributed by atoms with Crippen molar-refractivity contribution < 1.29 is 40.5 Å². The lowest BCUT2D eigenvalue weighted by molar-refractivity contribution is -0.118. The van der Waals surface area contributed by atoms with Crippen LogP contribution in [-0.2, 0) is 25.4 Å². The summed E-state index contributed by atoms with van der Waals surface area (Å²) in [6.45, 7) is 4.06. The predicted octanol–water partition coefficient (Wildman–Crippen LogP) is 4.46. The number of hydrogen-bond acceptors (Lipinski definition) is 13. The highest BCUT2D eigenvalue weighted by atomic mass is 19.1. The van der Waals surface area contributed by atoms with Crippen LogP contribution in [0.15, 0.2) is 61.2 Å². The van der Waals surface area contributed by atoms with Crippen molar-refractivity contribution in [3.8, 4) is 28.9 Å². The molecular formula is C38H45FN10O7. The number of carbonyl (C=O) groups excluding carboxylic acids is 2. The van der Waals surface area contributed by atoms with E-state index in [9.17, 15) is 9.59 Å². The Morgan fingerprint density at radius 2 is 1.71 bits per heavy atom. The molecule has 1 saturated heterocycles. The molecule has 17 nitrogen and oxygen atoms in total. The Hall–Kier alpha value is -6.85. The third-order valence-corrected chi connectivity index (χ3v) is 9.58. The summed E-state index contributed by atoms with van der Waals surface area (Å²) in [4.78, 5) is 43.1. The van der Waals surface area contributed by atoms with Crippen LogP contribution in [0.4, 0.5) is 21.8 Å². The monoisotopic (exact) mass is 772 g/mol. The summed E-state index contributed by atoms with van der Waals surface area (Å²) in [5.41, 5.74) is 3.02. The maximum atomic E-state index is 15.7. The minimum absolute atomic E-state index is 0. The second kappa shape index (κ2) is 15.1. The van der Waals surface area contributed by atoms with E-state index in [0.29, 0.717) is 73.6 Å². The van der Waals surface area contributed by atoms with Crippen molar-refractivity contribution in [3.05, 3.63) is 72.3 Å². The van der Waals surface area contributed by atoms with Gasteiger partial charge in [0, 0.05) is 57.8 Å². The maximum absolute atomic E-state index is 15.7. The number of imidazole rings is 1. The lowest BCUT2D eigenvalue weighted by Gasteiger charge is -2.18. The summed E-state index contributed by atoms with van der Waals surface area (Å²) in [6, 6.07) is 7.56. The van der Waals surface area contributed by atoms with Gasteiger partial charge in [-0.3, -0.25) is 14.3 Å². The molecule has 0 bridgehead atoms. The Kier molecular flexibility index (Phi) is 10.1. The highest BCUT2D eigenvalue weighted by molar-refractivity contribution is 6.17. The fourth-order valence-corrected chi connectivity index (χ4v) is 6.75. The third-order valence-electron chi connectivity index (χ3n) is 9.58. The molecule has 2 aromatic carbocycles. The summed E-state index contributed by atoms with van der Waals surface area (Å²) in [7, 11) is 11.0. The molecule has 1 aliphatic rings. The molecule has 5 heterocycles. The number of rotatable bonds is 14. The number of alkyl halides is 1. The molecule has 6 aromatic rings. The van der Waals surface area contributed by atoms with Crippen LogP contribution in [0.1, 0.15) is 18.8 Å². The first-order valence-corrected chi connectivity index (χ1v) is 17.4. The lowest BCUT2D eigenvalue weighted by atomic mass is 10.0. The van der Waals surface area contributed by atoms with Crippen LogP contribution in [0, 0.1) is 0 Å². The van der Waals surface area contributed by atoms with Crippen molar-refractivity contribution in [2.24, 2.45) is 14.1 Å². The number of fused-ring (bicyclic) bond motifs is 2. The Labute approximate surface area is 323 Å². The number of benzene rings is 2. The number of anilines is 3. The largest absolute Gasteiger partial charge is 0.497 e. The molecule has 7 rings (SSSR count). The van der Waals surface area contributed by atoms with Gasteiger partial charge in [0.05, 0.1) is 72.7 Å². The number of aryl methyl sites for hydroxylation is 2. The standard InChI is InChI=1S/C38H41FN10O7.2H2/c1-20(14-48-15-24(23-10-9-22(52-4)13-28(23)48)32(50)21-11-29(53-5)33(55-7)30(12-21)54-6)36(51)42-26-18-49(16-25(26)39)38-43-34(31-35(44-38)46(2)19-40-31)41-27-17-47(3)45-37(27)56-8;;/h9-13,15,17,19,25-26H,1,14,16,18H2,2-8H3,(H,42,51)(H,41,43,44);2*1H/t25-,26-;;/m1../s1. The van der Waals surface area contributed by atoms with Crippen molar-refractivity contribution in [2.75, 3.05) is 58.9 Å². The smallest absolute Gasteiger partial charge is 0.256 e. The molecular weight excluding hydrogens is 727 g/mol. The fourth-order valence-electron chi connectivity index (χ4n) is 6.75. The van der Waals surface area contributed by atoms with Gasteiger partial charge in [0.25, 0.3) is 5.88 Å². The number of nitrogens with zero attached hydrogens (tertiary/aromatic N) is 8. The number of ketones is 1. The molecule has 4 aromatic heterocycles. The first-order chi connectivity index (χ1) is 27.0. The van der Waals surface area contributed by atoms with Crippen molar-refractivity contribution in [2.45, 2.75) is 18.8 Å². The first-order valence-electron chi connectivity index (χ1n) is 17.4. The van der Waals surface area contributed by atoms with Gasteiger partial charge in [-0.15, -0.1) is 5.10 Å². The molecule has 18 heteroatoms. The van der Waals surface area contributed by atoms with Crippen LogP contribution < -0.4 is 39.2 Å². The normalized spacial score (nSPS) is 15.2. The van der Waals surface area contributed by atoms with Gasteiger partial charge in [-0.25, -0.2) is 9.37 Å². The Bertz CT molecular complexity index is 2480. The van der Waals surface area contributed by atoms with Crippen molar-refractivity contribution in [3.63, 3.8) is 0 Å². The van der Waals surface area contributed by atoms with E-state index in [2.05, 4.69) is 32.3 Å². The highest BCUT2D eigenvalue weighted by Gasteiger charge is 2.36. The molecule has 296 valence electrons. The quantitative estimate of drug-likeness (QED) is 0.118. The average Bonchev–Trinajstić information content (AvgIpc) is 3.97. The molecule has 0 radical (unpaired) electrons. The van der Waals surface area contributed by atoms with Crippen LogP contribution in [0.5, 0.6) is 28.9 Å². The number of nitrogens with one attached hydrogen (secondary N) is 2. The zero-order chi connectivity index (χ0) is 39.8. The second-order valence-electron chi connectivity index (χ2n) is 13.2. The SMILES string of the molecule is C=C(Cn1cc(C(=O)c2cc(OC)c(OC)c(OC)c2)c2ccc(OC)cc21)C(=O)N[C@@H]1CN(c2nc(Nc3cn(C)nc3OC)c3ncn(C)c3n2)C[C@H]1F.[HH].[HH]. The summed E-state index contributed by atoms with van der Waals surface area (Å²) >= 11 is 0. The van der Waals surface area contributed by atoms with Crippen LogP contribution in [0.25, 0.3) is 22.1 Å². The highest BCUT2D eigenvalue weighted by Crippen LogP contribution is 2.39. The number of aromatic nitrogens is 7. The first kappa shape index (κ1) is 37.5. The molecule has 2 N–H and O–H groups in total. The summed E-state index contributed by atoms with van der Waals surface area (Å²) in [5.74, 6) is 1.69. The van der Waals surface area contributed by atoms with Gasteiger partial charge >= 0.3 is 0 Å². The summed E-state index contributed by atoms with van der Waals surface area (Å²) < 4.78 is 48.0. The van der Waals surface area contributed by atoms with Gasteiger partial charge in [-0.05, 0) is 24.3 Å². The zero-order valence-corrected chi connectivity index (χ0v) is 31.9. The van der Waals surface area contributed by atoms with E-state index in [1.165, 1.54) is 35.5 Å². The van der Waals surface area contributed by atoms with E-state index in [0.717, 1.165) is 0 Å². The molecule has 0 spiro atoms. The average molecular weight is 773 g/mol. The molecule has 1 amide bonds. The third kappa shape index (κ3) is 6.84. The topological polar surface area (TPSA) is 174 Å². The Morgan fingerprint density at radius 1 is 0.964 bits per heavy atom. The minimum Gasteiger partial charge on any atom is -0.497 e. The number of methoxy groups -OCH3 is 5. The molecule has 0 unspecified atom stereocenters. The molecule has 2 atom stereocenters. The zero-order valence-electron chi connectivity index (χ0n) is 31.9. The van der Waals surface area contributed by atoms with Crippen LogP contribution >= 0.6 is 0 Å². The van der Waals surface area contributed by atoms with Crippen molar-refractivity contribution in [1.82, 2.24) is 39.2 Å². The van der Waals surface area contributed by atoms with Crippen LogP contribution in [0.2, 0.25) is 0 Å². The number of hydrogen-bond donors (Lipinski definition) is 2. The van der Waals surface area contributed by atoms with Gasteiger partial charge in [0.2, 0.25) is 17.6 Å². The summed E-state index contributed by atoms with van der Waals surface area (Å²) in [6.07, 6.45) is 3.57. The second-order valence-corrected chi connectivity index (χ2v) is 13.2. The number of amides is 1. The van der Waals surface area contributed by atoms with Crippen molar-refractivity contribution >= 4 is 51.2 Å². The molecule has 56 heavy (non-hydrogen) atoms. The van der Waals surface area contributed by atoms with Gasteiger partial charge in [0.1, 0.15) is 17.6 Å². The van der Waals surface area contributed by atoms with Gasteiger partial charge in [-0.1, -0.05) is 6.58 Å². The van der Waals surface area contributed by atoms with E-state index in [-0.39, 0.29) is 39.8 Å². The summed E-state index contributed by atoms with van der Waals surface area (Å²) in [5, 5.41) is 10.9. The molecule has 0 saturated carbocycles. The lowest BCUT2D eigenvalue weighted by Crippen LogP contribution is -2.42. The van der Waals surface area contributed by atoms with E-state index in [4.69, 9.17) is 28.7 Å².